The van der Waals surface area contributed by atoms with Crippen LogP contribution in [0.5, 0.6) is 0 Å². The number of rotatable bonds is 0. The Labute approximate surface area is 132 Å². The van der Waals surface area contributed by atoms with Crippen LogP contribution >= 0.6 is 0 Å². The summed E-state index contributed by atoms with van der Waals surface area (Å²) in [5.41, 5.74) is 1.17. The number of fused-ring (bicyclic) bond motifs is 5. The summed E-state index contributed by atoms with van der Waals surface area (Å²) in [6, 6.07) is 0. The number of hydrogen-bond donors (Lipinski definition) is 2. The molecule has 0 amide bonds. The van der Waals surface area contributed by atoms with Gasteiger partial charge >= 0.3 is 0 Å². The number of allylic oxidation sites excluding steroid dienone is 1. The van der Waals surface area contributed by atoms with E-state index in [1.807, 2.05) is 6.08 Å². The van der Waals surface area contributed by atoms with Crippen LogP contribution in [0.4, 0.5) is 0 Å². The summed E-state index contributed by atoms with van der Waals surface area (Å²) in [5.74, 6) is 1.56. The molecule has 7 atom stereocenters. The van der Waals surface area contributed by atoms with Crippen molar-refractivity contribution in [3.05, 3.63) is 11.6 Å². The largest absolute Gasteiger partial charge is 0.393 e. The van der Waals surface area contributed by atoms with Crippen molar-refractivity contribution in [1.82, 2.24) is 0 Å². The average molecular weight is 304 g/mol. The third kappa shape index (κ3) is 1.78. The van der Waals surface area contributed by atoms with E-state index < -0.39 is 0 Å². The van der Waals surface area contributed by atoms with E-state index in [0.29, 0.717) is 18.3 Å². The fourth-order valence-electron chi connectivity index (χ4n) is 6.66. The maximum absolute atomic E-state index is 11.8. The zero-order valence-corrected chi connectivity index (χ0v) is 13.7. The number of aliphatic hydroxyl groups excluding tert-OH is 2. The molecule has 0 unspecified atom stereocenters. The molecule has 0 aliphatic heterocycles. The van der Waals surface area contributed by atoms with Crippen LogP contribution in [0, 0.1) is 28.6 Å². The number of carbonyl (C=O) groups excluding carboxylic acids is 1. The van der Waals surface area contributed by atoms with Crippen molar-refractivity contribution in [3.63, 3.8) is 0 Å². The highest BCUT2D eigenvalue weighted by atomic mass is 16.3. The van der Waals surface area contributed by atoms with Gasteiger partial charge in [0.2, 0.25) is 0 Å². The first kappa shape index (κ1) is 14.9. The molecular weight excluding hydrogens is 276 g/mol. The third-order valence-electron chi connectivity index (χ3n) is 7.84. The van der Waals surface area contributed by atoms with Crippen molar-refractivity contribution in [2.45, 2.75) is 71.0 Å². The summed E-state index contributed by atoms with van der Waals surface area (Å²) >= 11 is 0. The SMILES string of the molecule is C[C@]12C[C@@H](O)[C@H]3[C@@H](CCC4=CC(=O)CC[C@@]43C)[C@H]1CC[C@@H]2O. The molecule has 0 spiro atoms. The van der Waals surface area contributed by atoms with Crippen LogP contribution in [0.1, 0.15) is 58.8 Å². The summed E-state index contributed by atoms with van der Waals surface area (Å²) in [7, 11) is 0. The van der Waals surface area contributed by atoms with Gasteiger partial charge in [-0.15, -0.1) is 0 Å². The molecule has 4 aliphatic rings. The Hall–Kier alpha value is -0.670. The zero-order chi connectivity index (χ0) is 15.7. The molecule has 3 heteroatoms. The summed E-state index contributed by atoms with van der Waals surface area (Å²) in [5, 5.41) is 21.4. The summed E-state index contributed by atoms with van der Waals surface area (Å²) in [6.07, 6.45) is 7.56. The lowest BCUT2D eigenvalue weighted by molar-refractivity contribution is -0.142. The van der Waals surface area contributed by atoms with E-state index in [-0.39, 0.29) is 34.7 Å². The first-order valence-corrected chi connectivity index (χ1v) is 8.96. The highest BCUT2D eigenvalue weighted by molar-refractivity contribution is 5.91. The molecule has 22 heavy (non-hydrogen) atoms. The van der Waals surface area contributed by atoms with Crippen LogP contribution in [-0.2, 0) is 4.79 Å². The second-order valence-electron chi connectivity index (χ2n) is 8.76. The monoisotopic (exact) mass is 304 g/mol. The van der Waals surface area contributed by atoms with E-state index >= 15 is 0 Å². The predicted molar refractivity (Wildman–Crippen MR) is 84.1 cm³/mol. The highest BCUT2D eigenvalue weighted by Crippen LogP contribution is 2.65. The van der Waals surface area contributed by atoms with Crippen molar-refractivity contribution in [3.8, 4) is 0 Å². The Morgan fingerprint density at radius 3 is 2.68 bits per heavy atom. The van der Waals surface area contributed by atoms with E-state index in [4.69, 9.17) is 0 Å². The van der Waals surface area contributed by atoms with E-state index in [2.05, 4.69) is 13.8 Å². The highest BCUT2D eigenvalue weighted by Gasteiger charge is 2.61. The molecule has 0 saturated heterocycles. The van der Waals surface area contributed by atoms with Crippen LogP contribution in [0.25, 0.3) is 0 Å². The normalized spacial score (nSPS) is 54.3. The fourth-order valence-corrected chi connectivity index (χ4v) is 6.66. The second-order valence-corrected chi connectivity index (χ2v) is 8.76. The number of aliphatic hydroxyl groups is 2. The van der Waals surface area contributed by atoms with Crippen molar-refractivity contribution in [1.29, 1.82) is 0 Å². The van der Waals surface area contributed by atoms with Crippen molar-refractivity contribution in [2.24, 2.45) is 28.6 Å². The van der Waals surface area contributed by atoms with Gasteiger partial charge in [-0.2, -0.15) is 0 Å². The minimum atomic E-state index is -0.346. The number of ketones is 1. The Balaban J connectivity index is 1.74. The van der Waals surface area contributed by atoms with E-state index in [0.717, 1.165) is 38.5 Å². The van der Waals surface area contributed by atoms with Crippen molar-refractivity contribution >= 4 is 5.78 Å². The van der Waals surface area contributed by atoms with Gasteiger partial charge < -0.3 is 10.2 Å². The fraction of sp³-hybridized carbons (Fsp3) is 0.842. The van der Waals surface area contributed by atoms with Crippen LogP contribution in [0.3, 0.4) is 0 Å². The molecule has 0 aromatic carbocycles. The first-order valence-electron chi connectivity index (χ1n) is 8.96. The second kappa shape index (κ2) is 4.67. The van der Waals surface area contributed by atoms with Gasteiger partial charge in [0.25, 0.3) is 0 Å². The van der Waals surface area contributed by atoms with Gasteiger partial charge in [-0.05, 0) is 73.2 Å². The van der Waals surface area contributed by atoms with Gasteiger partial charge in [-0.1, -0.05) is 19.4 Å². The number of carbonyl (C=O) groups is 1. The summed E-state index contributed by atoms with van der Waals surface area (Å²) in [4.78, 5) is 11.8. The first-order chi connectivity index (χ1) is 10.4. The van der Waals surface area contributed by atoms with Crippen molar-refractivity contribution in [2.75, 3.05) is 0 Å². The smallest absolute Gasteiger partial charge is 0.155 e. The van der Waals surface area contributed by atoms with E-state index in [1.54, 1.807) is 0 Å². The molecule has 2 N–H and O–H groups in total. The topological polar surface area (TPSA) is 57.5 Å². The van der Waals surface area contributed by atoms with Gasteiger partial charge in [-0.25, -0.2) is 0 Å². The lowest BCUT2D eigenvalue weighted by atomic mass is 9.46. The van der Waals surface area contributed by atoms with Gasteiger partial charge in [0, 0.05) is 6.42 Å². The van der Waals surface area contributed by atoms with Gasteiger partial charge in [0.05, 0.1) is 12.2 Å². The molecule has 0 aromatic heterocycles. The minimum Gasteiger partial charge on any atom is -0.393 e. The average Bonchev–Trinajstić information content (AvgIpc) is 2.75. The zero-order valence-electron chi connectivity index (χ0n) is 13.7. The minimum absolute atomic E-state index is 0.00881. The summed E-state index contributed by atoms with van der Waals surface area (Å²) in [6.45, 7) is 4.46. The number of hydrogen-bond acceptors (Lipinski definition) is 3. The van der Waals surface area contributed by atoms with Crippen LogP contribution < -0.4 is 0 Å². The Morgan fingerprint density at radius 2 is 1.91 bits per heavy atom. The van der Waals surface area contributed by atoms with Crippen LogP contribution in [0.2, 0.25) is 0 Å². The molecule has 122 valence electrons. The lowest BCUT2D eigenvalue weighted by Crippen LogP contribution is -2.57. The van der Waals surface area contributed by atoms with Crippen LogP contribution in [-0.4, -0.2) is 28.2 Å². The van der Waals surface area contributed by atoms with Gasteiger partial charge in [-0.3, -0.25) is 4.79 Å². The molecule has 3 saturated carbocycles. The molecule has 4 aliphatic carbocycles. The van der Waals surface area contributed by atoms with Gasteiger partial charge in [0.15, 0.2) is 5.78 Å². The Kier molecular flexibility index (Phi) is 3.16. The molecule has 0 heterocycles. The maximum Gasteiger partial charge on any atom is 0.155 e. The standard InChI is InChI=1S/C19H28O3/c1-18-8-7-12(20)9-11(18)3-4-13-14-5-6-16(22)19(14,2)10-15(21)17(13)18/h9,13-17,21-22H,3-8,10H2,1-2H3/t13-,14+,15+,16-,17+,18-,19-/m0/s1. The molecule has 0 radical (unpaired) electrons. The molecule has 0 aromatic rings. The third-order valence-corrected chi connectivity index (χ3v) is 7.84. The lowest BCUT2D eigenvalue weighted by Gasteiger charge is -2.59. The molecule has 4 rings (SSSR count). The van der Waals surface area contributed by atoms with Crippen LogP contribution in [0.15, 0.2) is 11.6 Å². The summed E-state index contributed by atoms with van der Waals surface area (Å²) < 4.78 is 0. The predicted octanol–water partition coefficient (Wildman–Crippen LogP) is 2.85. The molecule has 3 fully saturated rings. The molecule has 0 bridgehead atoms. The molecule has 3 nitrogen and oxygen atoms in total. The van der Waals surface area contributed by atoms with E-state index in [1.165, 1.54) is 5.57 Å². The Morgan fingerprint density at radius 1 is 1.14 bits per heavy atom. The van der Waals surface area contributed by atoms with E-state index in [9.17, 15) is 15.0 Å². The Bertz CT molecular complexity index is 539. The maximum atomic E-state index is 11.8. The van der Waals surface area contributed by atoms with Crippen molar-refractivity contribution < 1.29 is 15.0 Å². The quantitative estimate of drug-likeness (QED) is 0.723. The molecular formula is C19H28O3. The van der Waals surface area contributed by atoms with Gasteiger partial charge in [0.1, 0.15) is 0 Å².